The molecular formula is C32H46Cl2N6O4. The lowest BCUT2D eigenvalue weighted by Gasteiger charge is -2.22. The smallest absolute Gasteiger partial charge is 0.317 e. The number of hydrogen-bond donors (Lipinski definition) is 3. The molecule has 0 aliphatic heterocycles. The van der Waals surface area contributed by atoms with Crippen LogP contribution in [0.5, 0.6) is 0 Å². The summed E-state index contributed by atoms with van der Waals surface area (Å²) in [5, 5.41) is 4.50. The summed E-state index contributed by atoms with van der Waals surface area (Å²) < 4.78 is 2.60. The van der Waals surface area contributed by atoms with Gasteiger partial charge >= 0.3 is 11.4 Å². The van der Waals surface area contributed by atoms with Gasteiger partial charge in [0.25, 0.3) is 11.1 Å². The highest BCUT2D eigenvalue weighted by atomic mass is 35.5. The third-order valence-electron chi connectivity index (χ3n) is 7.78. The third-order valence-corrected chi connectivity index (χ3v) is 7.78. The van der Waals surface area contributed by atoms with Crippen molar-refractivity contribution in [3.8, 4) is 0 Å². The van der Waals surface area contributed by atoms with E-state index >= 15 is 0 Å². The van der Waals surface area contributed by atoms with Crippen LogP contribution in [0, 0.1) is 0 Å². The molecule has 0 spiro atoms. The van der Waals surface area contributed by atoms with Gasteiger partial charge in [0.2, 0.25) is 0 Å². The molecule has 0 amide bonds. The molecule has 44 heavy (non-hydrogen) atoms. The lowest BCUT2D eigenvalue weighted by molar-refractivity contribution is 0.252. The molecule has 0 aliphatic rings. The highest BCUT2D eigenvalue weighted by Crippen LogP contribution is 2.06. The minimum absolute atomic E-state index is 0. The number of aromatic amines is 2. The molecule has 3 N–H and O–H groups in total. The number of aromatic nitrogens is 4. The largest absolute Gasteiger partial charge is 0.328 e. The second-order valence-electron chi connectivity index (χ2n) is 10.9. The van der Waals surface area contributed by atoms with Crippen molar-refractivity contribution in [1.82, 2.24) is 29.3 Å². The highest BCUT2D eigenvalue weighted by molar-refractivity contribution is 5.85. The number of rotatable bonds is 18. The summed E-state index contributed by atoms with van der Waals surface area (Å²) >= 11 is 0. The molecule has 242 valence electrons. The van der Waals surface area contributed by atoms with E-state index < -0.39 is 0 Å². The van der Waals surface area contributed by atoms with Gasteiger partial charge in [-0.25, -0.2) is 9.59 Å². The molecule has 2 aromatic heterocycles. The van der Waals surface area contributed by atoms with Gasteiger partial charge in [-0.1, -0.05) is 50.5 Å². The molecular weight excluding hydrogens is 603 g/mol. The lowest BCUT2D eigenvalue weighted by Crippen LogP contribution is -2.36. The number of unbranched alkanes of at least 4 members (excludes halogenated alkanes) is 4. The predicted molar refractivity (Wildman–Crippen MR) is 184 cm³/mol. The van der Waals surface area contributed by atoms with Crippen LogP contribution in [0.15, 0.2) is 67.7 Å². The minimum Gasteiger partial charge on any atom is -0.317 e. The summed E-state index contributed by atoms with van der Waals surface area (Å²) in [6.07, 6.45) is 8.28. The monoisotopic (exact) mass is 648 g/mol. The van der Waals surface area contributed by atoms with Crippen LogP contribution in [0.25, 0.3) is 21.8 Å². The number of fused-ring (bicyclic) bond motifs is 2. The van der Waals surface area contributed by atoms with E-state index in [9.17, 15) is 19.2 Å². The topological polar surface area (TPSA) is 125 Å². The average molecular weight is 650 g/mol. The third kappa shape index (κ3) is 10.2. The first-order valence-corrected chi connectivity index (χ1v) is 15.4. The number of halogens is 2. The molecule has 0 atom stereocenters. The molecule has 4 aromatic rings. The summed E-state index contributed by atoms with van der Waals surface area (Å²) in [5.41, 5.74) is -0.0561. The summed E-state index contributed by atoms with van der Waals surface area (Å²) in [7, 11) is 0. The zero-order valence-corrected chi connectivity index (χ0v) is 27.1. The molecule has 12 heteroatoms. The molecule has 0 bridgehead atoms. The van der Waals surface area contributed by atoms with Crippen LogP contribution in [0.2, 0.25) is 0 Å². The number of para-hydroxylation sites is 2. The van der Waals surface area contributed by atoms with E-state index in [2.05, 4.69) is 27.1 Å². The zero-order valence-electron chi connectivity index (χ0n) is 25.5. The van der Waals surface area contributed by atoms with E-state index in [0.29, 0.717) is 41.3 Å². The van der Waals surface area contributed by atoms with E-state index in [4.69, 9.17) is 0 Å². The Kier molecular flexibility index (Phi) is 16.2. The van der Waals surface area contributed by atoms with Crippen molar-refractivity contribution in [2.75, 3.05) is 32.7 Å². The maximum atomic E-state index is 12.8. The lowest BCUT2D eigenvalue weighted by atomic mass is 10.2. The summed E-state index contributed by atoms with van der Waals surface area (Å²) in [5.74, 6) is 0. The molecule has 0 unspecified atom stereocenters. The van der Waals surface area contributed by atoms with Gasteiger partial charge in [-0.2, -0.15) is 0 Å². The highest BCUT2D eigenvalue weighted by Gasteiger charge is 2.10. The zero-order chi connectivity index (χ0) is 29.7. The van der Waals surface area contributed by atoms with Crippen LogP contribution >= 0.6 is 24.8 Å². The van der Waals surface area contributed by atoms with Crippen molar-refractivity contribution in [3.63, 3.8) is 0 Å². The fourth-order valence-corrected chi connectivity index (χ4v) is 5.43. The SMILES string of the molecule is CCCCCCN(CCCCNCCCn1c(=O)[nH]c2ccccc2c1=O)CCCn1c(=O)[nH]c2ccccc2c1=O.Cl.Cl. The Morgan fingerprint density at radius 2 is 1.09 bits per heavy atom. The van der Waals surface area contributed by atoms with Gasteiger partial charge in [0.15, 0.2) is 0 Å². The fourth-order valence-electron chi connectivity index (χ4n) is 5.43. The van der Waals surface area contributed by atoms with Gasteiger partial charge in [0.05, 0.1) is 21.8 Å². The number of nitrogens with one attached hydrogen (secondary N) is 3. The van der Waals surface area contributed by atoms with E-state index in [1.807, 2.05) is 12.1 Å². The maximum Gasteiger partial charge on any atom is 0.328 e. The fraction of sp³-hybridized carbons (Fsp3) is 0.500. The molecule has 0 aliphatic carbocycles. The van der Waals surface area contributed by atoms with Gasteiger partial charge in [-0.15, -0.1) is 24.8 Å². The van der Waals surface area contributed by atoms with Crippen molar-refractivity contribution in [1.29, 1.82) is 0 Å². The summed E-state index contributed by atoms with van der Waals surface area (Å²) in [6, 6.07) is 14.2. The quantitative estimate of drug-likeness (QED) is 0.138. The first-order valence-electron chi connectivity index (χ1n) is 15.4. The average Bonchev–Trinajstić information content (AvgIpc) is 2.99. The minimum atomic E-state index is -0.368. The Balaban J connectivity index is 0.00000337. The van der Waals surface area contributed by atoms with E-state index in [-0.39, 0.29) is 47.3 Å². The Morgan fingerprint density at radius 3 is 1.66 bits per heavy atom. The van der Waals surface area contributed by atoms with Crippen molar-refractivity contribution >= 4 is 46.6 Å². The van der Waals surface area contributed by atoms with Crippen LogP contribution < -0.4 is 27.8 Å². The van der Waals surface area contributed by atoms with Crippen molar-refractivity contribution in [2.24, 2.45) is 0 Å². The van der Waals surface area contributed by atoms with Crippen LogP contribution in [-0.4, -0.2) is 56.7 Å². The van der Waals surface area contributed by atoms with Crippen LogP contribution in [0.4, 0.5) is 0 Å². The molecule has 2 heterocycles. The Labute approximate surface area is 269 Å². The molecule has 0 saturated carbocycles. The van der Waals surface area contributed by atoms with Gasteiger partial charge < -0.3 is 20.2 Å². The maximum absolute atomic E-state index is 12.8. The van der Waals surface area contributed by atoms with E-state index in [1.54, 1.807) is 36.4 Å². The number of hydrogen-bond acceptors (Lipinski definition) is 6. The van der Waals surface area contributed by atoms with Crippen LogP contribution in [0.3, 0.4) is 0 Å². The Bertz CT molecular complexity index is 1680. The van der Waals surface area contributed by atoms with Crippen molar-refractivity contribution in [3.05, 3.63) is 90.2 Å². The number of H-pyrrole nitrogens is 2. The Hall–Kier alpha value is -3.18. The van der Waals surface area contributed by atoms with Crippen LogP contribution in [-0.2, 0) is 13.1 Å². The second-order valence-corrected chi connectivity index (χ2v) is 10.9. The first kappa shape index (κ1) is 37.0. The molecule has 10 nitrogen and oxygen atoms in total. The number of nitrogens with zero attached hydrogens (tertiary/aromatic N) is 3. The van der Waals surface area contributed by atoms with Crippen molar-refractivity contribution in [2.45, 2.75) is 71.4 Å². The number of benzene rings is 2. The van der Waals surface area contributed by atoms with Crippen LogP contribution in [0.1, 0.15) is 58.3 Å². The van der Waals surface area contributed by atoms with Gasteiger partial charge in [-0.05, 0) is 89.1 Å². The molecule has 0 saturated heterocycles. The van der Waals surface area contributed by atoms with E-state index in [0.717, 1.165) is 58.4 Å². The molecule has 0 fully saturated rings. The predicted octanol–water partition coefficient (Wildman–Crippen LogP) is 4.27. The van der Waals surface area contributed by atoms with Gasteiger partial charge in [0, 0.05) is 13.1 Å². The molecule has 2 aromatic carbocycles. The van der Waals surface area contributed by atoms with Gasteiger partial charge in [-0.3, -0.25) is 18.7 Å². The molecule has 0 radical (unpaired) electrons. The van der Waals surface area contributed by atoms with E-state index in [1.165, 1.54) is 28.4 Å². The summed E-state index contributed by atoms with van der Waals surface area (Å²) in [4.78, 5) is 58.4. The second kappa shape index (κ2) is 19.3. The van der Waals surface area contributed by atoms with Crippen molar-refractivity contribution < 1.29 is 0 Å². The first-order chi connectivity index (χ1) is 20.5. The van der Waals surface area contributed by atoms with Gasteiger partial charge in [0.1, 0.15) is 0 Å². The Morgan fingerprint density at radius 1 is 0.614 bits per heavy atom. The summed E-state index contributed by atoms with van der Waals surface area (Å²) in [6.45, 7) is 7.41. The normalized spacial score (nSPS) is 11.1. The standard InChI is InChI=1S/C32H44N6O4.2ClH/c1-2-3-4-10-20-36(22-13-24-38-30(40)26-15-6-8-17-28(26)35-32(38)42)21-11-9-18-33-19-12-23-37-29(39)25-14-5-7-16-27(25)34-31(37)41;;/h5-8,14-17,33H,2-4,9-13,18-24H2,1H3,(H,34,41)(H,35,42);2*1H. The molecule has 4 rings (SSSR count).